The van der Waals surface area contributed by atoms with Crippen molar-refractivity contribution in [2.24, 2.45) is 0 Å². The lowest BCUT2D eigenvalue weighted by Gasteiger charge is -2.27. The van der Waals surface area contributed by atoms with E-state index in [1.54, 1.807) is 0 Å². The first-order valence-corrected chi connectivity index (χ1v) is 8.27. The molecule has 1 aliphatic rings. The normalized spacial score (nSPS) is 21.5. The SMILES string of the molecule is OC1CCOC(c2cc(OCc3ccccc3)ccc2Br)C1. The Kier molecular flexibility index (Phi) is 5.13. The van der Waals surface area contributed by atoms with Crippen LogP contribution in [0.3, 0.4) is 0 Å². The van der Waals surface area contributed by atoms with E-state index in [1.165, 1.54) is 0 Å². The molecule has 0 spiro atoms. The maximum absolute atomic E-state index is 9.83. The van der Waals surface area contributed by atoms with Crippen LogP contribution >= 0.6 is 15.9 Å². The number of rotatable bonds is 4. The van der Waals surface area contributed by atoms with Crippen LogP contribution in [0.5, 0.6) is 5.75 Å². The second-order valence-corrected chi connectivity index (χ2v) is 6.35. The number of benzene rings is 2. The van der Waals surface area contributed by atoms with Crippen LogP contribution in [0, 0.1) is 0 Å². The third-order valence-electron chi connectivity index (χ3n) is 3.82. The fourth-order valence-corrected chi connectivity index (χ4v) is 3.10. The number of halogens is 1. The highest BCUT2D eigenvalue weighted by Gasteiger charge is 2.24. The van der Waals surface area contributed by atoms with Crippen molar-refractivity contribution in [1.29, 1.82) is 0 Å². The van der Waals surface area contributed by atoms with Crippen molar-refractivity contribution < 1.29 is 14.6 Å². The Bertz CT molecular complexity index is 615. The van der Waals surface area contributed by atoms with E-state index < -0.39 is 0 Å². The maximum Gasteiger partial charge on any atom is 0.120 e. The quantitative estimate of drug-likeness (QED) is 0.883. The van der Waals surface area contributed by atoms with Gasteiger partial charge in [-0.25, -0.2) is 0 Å². The first kappa shape index (κ1) is 15.5. The van der Waals surface area contributed by atoms with Gasteiger partial charge in [0.25, 0.3) is 0 Å². The lowest BCUT2D eigenvalue weighted by atomic mass is 9.99. The molecular weight excluding hydrogens is 344 g/mol. The van der Waals surface area contributed by atoms with Crippen molar-refractivity contribution in [2.45, 2.75) is 31.7 Å². The molecule has 0 aliphatic carbocycles. The van der Waals surface area contributed by atoms with Crippen LogP contribution in [0.15, 0.2) is 53.0 Å². The summed E-state index contributed by atoms with van der Waals surface area (Å²) in [4.78, 5) is 0. The van der Waals surface area contributed by atoms with Gasteiger partial charge >= 0.3 is 0 Å². The van der Waals surface area contributed by atoms with Crippen molar-refractivity contribution in [3.8, 4) is 5.75 Å². The number of aliphatic hydroxyl groups is 1. The molecule has 1 aliphatic heterocycles. The third-order valence-corrected chi connectivity index (χ3v) is 4.54. The Morgan fingerprint density at radius 1 is 1.18 bits per heavy atom. The molecule has 1 fully saturated rings. The van der Waals surface area contributed by atoms with Crippen LogP contribution in [0.25, 0.3) is 0 Å². The minimum atomic E-state index is -0.292. The van der Waals surface area contributed by atoms with E-state index in [-0.39, 0.29) is 12.2 Å². The predicted octanol–water partition coefficient (Wildman–Crippen LogP) is 4.24. The molecule has 116 valence electrons. The predicted molar refractivity (Wildman–Crippen MR) is 88.8 cm³/mol. The van der Waals surface area contributed by atoms with Gasteiger partial charge in [-0.15, -0.1) is 0 Å². The summed E-state index contributed by atoms with van der Waals surface area (Å²) >= 11 is 3.56. The highest BCUT2D eigenvalue weighted by molar-refractivity contribution is 9.10. The van der Waals surface area contributed by atoms with Gasteiger partial charge in [0.15, 0.2) is 0 Å². The lowest BCUT2D eigenvalue weighted by Crippen LogP contribution is -2.23. The molecule has 0 aromatic heterocycles. The fourth-order valence-electron chi connectivity index (χ4n) is 2.60. The zero-order valence-corrected chi connectivity index (χ0v) is 13.8. The molecule has 2 atom stereocenters. The highest BCUT2D eigenvalue weighted by Crippen LogP contribution is 2.35. The van der Waals surface area contributed by atoms with Crippen molar-refractivity contribution in [1.82, 2.24) is 0 Å². The van der Waals surface area contributed by atoms with Crippen molar-refractivity contribution in [3.05, 3.63) is 64.1 Å². The number of ether oxygens (including phenoxy) is 2. The second-order valence-electron chi connectivity index (χ2n) is 5.50. The first-order chi connectivity index (χ1) is 10.7. The van der Waals surface area contributed by atoms with Gasteiger partial charge in [0.05, 0.1) is 12.2 Å². The average molecular weight is 363 g/mol. The van der Waals surface area contributed by atoms with Crippen LogP contribution in [-0.4, -0.2) is 17.8 Å². The zero-order chi connectivity index (χ0) is 15.4. The van der Waals surface area contributed by atoms with Gasteiger partial charge in [0.1, 0.15) is 12.4 Å². The average Bonchev–Trinajstić information content (AvgIpc) is 2.55. The van der Waals surface area contributed by atoms with Gasteiger partial charge in [-0.05, 0) is 35.7 Å². The Hall–Kier alpha value is -1.36. The van der Waals surface area contributed by atoms with Gasteiger partial charge in [0, 0.05) is 17.5 Å². The summed E-state index contributed by atoms with van der Waals surface area (Å²) in [6, 6.07) is 16.0. The van der Waals surface area contributed by atoms with E-state index in [0.717, 1.165) is 21.3 Å². The molecule has 1 heterocycles. The summed E-state index contributed by atoms with van der Waals surface area (Å²) in [6.07, 6.45) is 0.955. The molecule has 0 amide bonds. The Morgan fingerprint density at radius 2 is 2.00 bits per heavy atom. The van der Waals surface area contributed by atoms with E-state index >= 15 is 0 Å². The van der Waals surface area contributed by atoms with Gasteiger partial charge in [-0.2, -0.15) is 0 Å². The molecule has 22 heavy (non-hydrogen) atoms. The van der Waals surface area contributed by atoms with Crippen LogP contribution in [0.4, 0.5) is 0 Å². The summed E-state index contributed by atoms with van der Waals surface area (Å²) in [5.41, 5.74) is 2.17. The Labute approximate surface area is 139 Å². The number of aliphatic hydroxyl groups excluding tert-OH is 1. The van der Waals surface area contributed by atoms with E-state index in [0.29, 0.717) is 26.1 Å². The molecule has 4 heteroatoms. The molecule has 3 rings (SSSR count). The second kappa shape index (κ2) is 7.27. The highest BCUT2D eigenvalue weighted by atomic mass is 79.9. The third kappa shape index (κ3) is 3.88. The van der Waals surface area contributed by atoms with E-state index in [2.05, 4.69) is 15.9 Å². The molecule has 1 saturated heterocycles. The van der Waals surface area contributed by atoms with Crippen LogP contribution in [0.1, 0.15) is 30.1 Å². The maximum atomic E-state index is 9.83. The Balaban J connectivity index is 1.72. The molecule has 1 N–H and O–H groups in total. The summed E-state index contributed by atoms with van der Waals surface area (Å²) in [7, 11) is 0. The number of hydrogen-bond donors (Lipinski definition) is 1. The summed E-state index contributed by atoms with van der Waals surface area (Å²) in [5.74, 6) is 0.811. The van der Waals surface area contributed by atoms with Crippen LogP contribution in [0.2, 0.25) is 0 Å². The van der Waals surface area contributed by atoms with Crippen LogP contribution < -0.4 is 4.74 Å². The van der Waals surface area contributed by atoms with Crippen molar-refractivity contribution >= 4 is 15.9 Å². The van der Waals surface area contributed by atoms with E-state index in [1.807, 2.05) is 48.5 Å². The molecule has 2 aromatic carbocycles. The minimum absolute atomic E-state index is 0.0848. The molecule has 2 unspecified atom stereocenters. The van der Waals surface area contributed by atoms with Gasteiger partial charge in [0.2, 0.25) is 0 Å². The molecule has 3 nitrogen and oxygen atoms in total. The van der Waals surface area contributed by atoms with Crippen molar-refractivity contribution in [2.75, 3.05) is 6.61 Å². The van der Waals surface area contributed by atoms with E-state index in [4.69, 9.17) is 9.47 Å². The topological polar surface area (TPSA) is 38.7 Å². The molecule has 2 aromatic rings. The van der Waals surface area contributed by atoms with Gasteiger partial charge in [-0.1, -0.05) is 46.3 Å². The summed E-state index contributed by atoms with van der Waals surface area (Å²) in [5, 5.41) is 9.83. The zero-order valence-electron chi connectivity index (χ0n) is 12.2. The Morgan fingerprint density at radius 3 is 2.77 bits per heavy atom. The minimum Gasteiger partial charge on any atom is -0.489 e. The fraction of sp³-hybridized carbons (Fsp3) is 0.333. The van der Waals surface area contributed by atoms with Crippen molar-refractivity contribution in [3.63, 3.8) is 0 Å². The monoisotopic (exact) mass is 362 g/mol. The summed E-state index contributed by atoms with van der Waals surface area (Å²) < 4.78 is 12.6. The smallest absolute Gasteiger partial charge is 0.120 e. The molecule has 0 radical (unpaired) electrons. The van der Waals surface area contributed by atoms with Crippen LogP contribution in [-0.2, 0) is 11.3 Å². The van der Waals surface area contributed by atoms with E-state index in [9.17, 15) is 5.11 Å². The van der Waals surface area contributed by atoms with Gasteiger partial charge < -0.3 is 14.6 Å². The molecular formula is C18H19BrO3. The largest absolute Gasteiger partial charge is 0.489 e. The molecule has 0 saturated carbocycles. The number of hydrogen-bond acceptors (Lipinski definition) is 3. The first-order valence-electron chi connectivity index (χ1n) is 7.48. The van der Waals surface area contributed by atoms with Gasteiger partial charge in [-0.3, -0.25) is 0 Å². The standard InChI is InChI=1S/C18H19BrO3/c19-17-7-6-15(22-12-13-4-2-1-3-5-13)11-16(17)18-10-14(20)8-9-21-18/h1-7,11,14,18,20H,8-10,12H2. The molecule has 0 bridgehead atoms. The summed E-state index contributed by atoms with van der Waals surface area (Å²) in [6.45, 7) is 1.13. The lowest BCUT2D eigenvalue weighted by molar-refractivity contribution is -0.0451.